The van der Waals surface area contributed by atoms with Crippen molar-refractivity contribution in [2.75, 3.05) is 13.7 Å². The second kappa shape index (κ2) is 42.3. The number of phenolic OH excluding ortho intramolecular Hbond substituents is 4. The number of amides is 11. The third-order valence-corrected chi connectivity index (χ3v) is 24.4. The van der Waals surface area contributed by atoms with Crippen molar-refractivity contribution in [3.63, 3.8) is 0 Å². The lowest BCUT2D eigenvalue weighted by atomic mass is 9.86. The smallest absolute Gasteiger partial charge is 0.303 e. The van der Waals surface area contributed by atoms with Crippen molar-refractivity contribution in [3.8, 4) is 62.9 Å². The van der Waals surface area contributed by atoms with Gasteiger partial charge in [-0.25, -0.2) is 0 Å². The first-order valence-electron chi connectivity index (χ1n) is 42.9. The van der Waals surface area contributed by atoms with Crippen LogP contribution in [0.15, 0.2) is 134 Å². The number of ether oxygens (including phenoxy) is 6. The number of benzene rings is 7. The van der Waals surface area contributed by atoms with E-state index < -0.39 is 321 Å². The molecule has 43 nitrogen and oxygen atoms in total. The number of hydrogen-bond acceptors (Lipinski definition) is 31. The Morgan fingerprint density at radius 1 is 0.640 bits per heavy atom. The maximum Gasteiger partial charge on any atom is 0.303 e. The molecular formula is C91H102Cl2N14O29. The Labute approximate surface area is 783 Å². The molecule has 2 saturated heterocycles. The molecule has 8 heterocycles. The van der Waals surface area contributed by atoms with Crippen molar-refractivity contribution >= 4 is 105 Å². The zero-order valence-corrected chi connectivity index (χ0v) is 74.8. The van der Waals surface area contributed by atoms with Crippen LogP contribution in [0.4, 0.5) is 0 Å². The molecule has 15 rings (SSSR count). The van der Waals surface area contributed by atoms with Crippen molar-refractivity contribution in [1.29, 1.82) is 0 Å². The van der Waals surface area contributed by atoms with Gasteiger partial charge in [-0.15, -0.1) is 0 Å². The molecule has 0 radical (unpaired) electrons. The molecule has 2 fully saturated rings. The third kappa shape index (κ3) is 22.7. The fraction of sp³-hybridized carbons (Fsp3) is 0.385. The number of aromatic hydroxyl groups is 4. The monoisotopic (exact) mass is 1920 g/mol. The highest BCUT2D eigenvalue weighted by Crippen LogP contribution is 2.50. The maximum atomic E-state index is 16.7. The molecule has 724 valence electrons. The van der Waals surface area contributed by atoms with Gasteiger partial charge in [-0.2, -0.15) is 0 Å². The molecule has 1 aromatic heterocycles. The van der Waals surface area contributed by atoms with Crippen molar-refractivity contribution in [3.05, 3.63) is 183 Å². The van der Waals surface area contributed by atoms with E-state index in [4.69, 9.17) is 68.8 Å². The van der Waals surface area contributed by atoms with Crippen molar-refractivity contribution in [1.82, 2.24) is 58.2 Å². The minimum Gasteiger partial charge on any atom is -0.508 e. The summed E-state index contributed by atoms with van der Waals surface area (Å²) in [6.07, 6.45) is -20.5. The molecule has 8 aromatic rings. The maximum absolute atomic E-state index is 16.7. The normalized spacial score (nSPS) is 25.5. The Kier molecular flexibility index (Phi) is 31.1. The van der Waals surface area contributed by atoms with Crippen LogP contribution in [0.5, 0.6) is 51.7 Å². The summed E-state index contributed by atoms with van der Waals surface area (Å²) in [5, 5.41) is 150. The lowest BCUT2D eigenvalue weighted by Crippen LogP contribution is -2.61. The first-order valence-corrected chi connectivity index (χ1v) is 43.7. The van der Waals surface area contributed by atoms with Gasteiger partial charge in [0.1, 0.15) is 119 Å². The summed E-state index contributed by atoms with van der Waals surface area (Å²) < 4.78 is 38.7. The Hall–Kier alpha value is -13.4. The number of rotatable bonds is 25. The largest absolute Gasteiger partial charge is 0.508 e. The Bertz CT molecular complexity index is 5930. The molecule has 0 spiro atoms. The Morgan fingerprint density at radius 2 is 1.27 bits per heavy atom. The number of aromatic amines is 1. The first kappa shape index (κ1) is 100. The fourth-order valence-corrected chi connectivity index (χ4v) is 17.0. The number of aliphatic hydroxyl groups is 6. The summed E-state index contributed by atoms with van der Waals surface area (Å²) in [5.74, 6) is -22.1. The number of hydrogen-bond donors (Lipinski definition) is 25. The molecular weight excluding hydrogens is 1820 g/mol. The standard InChI is InChI=1S/C91H102Cl2N14O29/c1-36(2)22-53(97-5)81(122)105-71-73(116)40-13-19-59(49(92)25-40)132-61-28-42-29-62(78(61)136-90-76(119)75(118)74(117)63(35-108)134-90)133-60-20-14-41(26-50(60)93)77(135-66-33-91(4,96)79(120)37(3)131-66)72-89(130)104-70(48-30-45(110)31-58(112)67(48)47-24-39(12-18-57(47)111)68(85(126)106-72)103-86(127)69(42)102-83(124)56(32-64(95)113)101-88(71)129)87(128)107-84(125)54(23-38-10-15-44(109)16-11-38)100-82(123)55(99-80(121)51(94)17-21-65(114)115)27-43-34-98-52-9-7-6-8-46(43)52/h6-16,18-20,24-26,28-31,34,36-37,51,53-56,63,66,68-77,79,90,97-98,108-112,116-120H,17,21-23,27,32-33,35,94,96H2,1-5H3,(H2,95,113)(H,99,121)(H,100,123)(H,101,129)(H,102,124)(H,103,127)(H,104,130)(H,105,122)(H,106,126)(H,114,115)(H,107,125,128)/t37-,51-,53+,54-,55-,56-,63+,66-,68+,69+,70+,71+,72?,73+,74+,75-,76+,77+,79-,90-,91-/m0/s1. The lowest BCUT2D eigenvalue weighted by Gasteiger charge is -2.44. The van der Waals surface area contributed by atoms with Crippen LogP contribution in [-0.2, 0) is 84.6 Å². The van der Waals surface area contributed by atoms with E-state index in [1.165, 1.54) is 57.3 Å². The van der Waals surface area contributed by atoms with Gasteiger partial charge >= 0.3 is 5.97 Å². The van der Waals surface area contributed by atoms with E-state index >= 15 is 38.4 Å². The zero-order valence-electron chi connectivity index (χ0n) is 73.2. The van der Waals surface area contributed by atoms with E-state index in [1.54, 1.807) is 44.3 Å². The zero-order chi connectivity index (χ0) is 98.5. The Balaban J connectivity index is 1.00. The van der Waals surface area contributed by atoms with Crippen LogP contribution in [0.1, 0.15) is 129 Å². The van der Waals surface area contributed by atoms with E-state index in [2.05, 4.69) is 58.2 Å². The number of aromatic nitrogens is 1. The topological polar surface area (TPSA) is 697 Å². The van der Waals surface area contributed by atoms with Crippen LogP contribution in [0.25, 0.3) is 22.0 Å². The molecule has 0 saturated carbocycles. The molecule has 11 amide bonds. The molecule has 21 atom stereocenters. The molecule has 45 heteroatoms. The van der Waals surface area contributed by atoms with E-state index in [9.17, 15) is 75.3 Å². The highest BCUT2D eigenvalue weighted by molar-refractivity contribution is 6.32. The number of nitrogens with two attached hydrogens (primary N) is 3. The van der Waals surface area contributed by atoms with E-state index in [0.717, 1.165) is 60.7 Å². The predicted molar refractivity (Wildman–Crippen MR) is 477 cm³/mol. The lowest BCUT2D eigenvalue weighted by molar-refractivity contribution is -0.277. The van der Waals surface area contributed by atoms with Gasteiger partial charge in [0.15, 0.2) is 17.8 Å². The fourth-order valence-electron chi connectivity index (χ4n) is 16.6. The minimum absolute atomic E-state index is 0.142. The van der Waals surface area contributed by atoms with Crippen LogP contribution in [0.2, 0.25) is 10.0 Å². The van der Waals surface area contributed by atoms with Gasteiger partial charge in [-0.1, -0.05) is 85.6 Å². The van der Waals surface area contributed by atoms with E-state index in [-0.39, 0.29) is 41.2 Å². The number of para-hydroxylation sites is 1. The molecule has 136 heavy (non-hydrogen) atoms. The molecule has 7 aliphatic rings. The average molecular weight is 1930 g/mol. The van der Waals surface area contributed by atoms with Gasteiger partial charge in [0.25, 0.3) is 5.91 Å². The highest BCUT2D eigenvalue weighted by atomic mass is 35.5. The molecule has 7 aromatic carbocycles. The SMILES string of the molecule is CN[C@H](CC(C)C)C(=O)N[C@H]1C(=O)N[C@@H](CC(N)=O)C(=O)N[C@H]2C(=O)N[C@H]3C(=O)NC(C(=O)N[C@@H](C(=O)NC(=O)[C@H](Cc4ccc(O)cc4)NC(=O)[C@H](Cc4c[nH]c5ccccc45)NC(=O)[C@@H](N)CCC(=O)O)c4cc(O)cc(O)c4-c4cc3ccc4O)[C@H](O[C@H]3C[C@](C)(N)[C@@H](O)[C@H](C)O3)c3ccc(c(Cl)c3)Oc3cc2cc(c3O[C@@H]2O[C@H](CO)[C@@H](O)[C@H](O)[C@H]2O)Oc2ccc(cc2Cl)[C@H]1O. The van der Waals surface area contributed by atoms with Crippen LogP contribution >= 0.6 is 23.2 Å². The van der Waals surface area contributed by atoms with Crippen molar-refractivity contribution < 1.29 is 142 Å². The number of aliphatic hydroxyl groups excluding tert-OH is 6. The highest BCUT2D eigenvalue weighted by Gasteiger charge is 2.50. The minimum atomic E-state index is -2.53. The van der Waals surface area contributed by atoms with Crippen molar-refractivity contribution in [2.24, 2.45) is 23.1 Å². The molecule has 7 aliphatic heterocycles. The molecule has 0 aliphatic carbocycles. The summed E-state index contributed by atoms with van der Waals surface area (Å²) in [4.78, 5) is 184. The quantitative estimate of drug-likeness (QED) is 0.0370. The van der Waals surface area contributed by atoms with Crippen LogP contribution < -0.4 is 84.6 Å². The van der Waals surface area contributed by atoms with Gasteiger partial charge < -0.3 is 155 Å². The second-order valence-electron chi connectivity index (χ2n) is 34.3. The Morgan fingerprint density at radius 3 is 1.92 bits per heavy atom. The number of H-pyrrole nitrogens is 1. The number of halogens is 2. The number of carboxylic acid groups (broad SMARTS) is 1. The van der Waals surface area contributed by atoms with Gasteiger partial charge in [-0.3, -0.25) is 62.9 Å². The number of fused-ring (bicyclic) bond motifs is 16. The predicted octanol–water partition coefficient (Wildman–Crippen LogP) is 0.498. The number of carboxylic acids is 1. The summed E-state index contributed by atoms with van der Waals surface area (Å²) in [6, 6.07) is 4.97. The number of carbonyl (C=O) groups excluding carboxylic acids is 11. The first-order chi connectivity index (χ1) is 64.5. The number of nitrogens with one attached hydrogen (secondary N) is 11. The number of likely N-dealkylation sites (N-methyl/N-ethyl adjacent to an activating group) is 1. The summed E-state index contributed by atoms with van der Waals surface area (Å²) >= 11 is 14.5. The summed E-state index contributed by atoms with van der Waals surface area (Å²) in [6.45, 7) is 5.43. The number of aliphatic carboxylic acids is 1. The van der Waals surface area contributed by atoms with E-state index in [0.29, 0.717) is 22.5 Å². The van der Waals surface area contributed by atoms with Gasteiger partial charge in [0, 0.05) is 65.5 Å². The summed E-state index contributed by atoms with van der Waals surface area (Å²) in [5.41, 5.74) is 14.9. The van der Waals surface area contributed by atoms with Crippen LogP contribution in [0.3, 0.4) is 0 Å². The summed E-state index contributed by atoms with van der Waals surface area (Å²) in [7, 11) is 1.45. The van der Waals surface area contributed by atoms with Gasteiger partial charge in [0.05, 0.1) is 47.4 Å². The van der Waals surface area contributed by atoms with Gasteiger partial charge in [-0.05, 0) is 151 Å². The number of imide groups is 1. The number of phenols is 4. The second-order valence-corrected chi connectivity index (χ2v) is 35.1. The van der Waals surface area contributed by atoms with E-state index in [1.807, 2.05) is 0 Å². The van der Waals surface area contributed by atoms with Crippen LogP contribution in [0, 0.1) is 5.92 Å². The van der Waals surface area contributed by atoms with Gasteiger partial charge in [0.2, 0.25) is 71.1 Å². The molecule has 11 bridgehead atoms. The molecule has 1 unspecified atom stereocenters. The van der Waals surface area contributed by atoms with Crippen molar-refractivity contribution in [2.45, 2.75) is 200 Å². The number of primary amides is 1. The molecule has 28 N–H and O–H groups in total. The average Bonchev–Trinajstić information content (AvgIpc) is 0.934. The van der Waals surface area contributed by atoms with Crippen LogP contribution in [-0.4, -0.2) is 243 Å². The third-order valence-electron chi connectivity index (χ3n) is 23.8. The number of carbonyl (C=O) groups is 12.